The number of hydrogen-bond donors (Lipinski definition) is 0. The molecular formula is C13H13Br3N2O. The molecule has 2 aromatic rings. The van der Waals surface area contributed by atoms with Gasteiger partial charge in [-0.1, -0.05) is 15.9 Å². The van der Waals surface area contributed by atoms with Gasteiger partial charge in [-0.2, -0.15) is 5.10 Å². The molecule has 0 spiro atoms. The molecule has 0 saturated heterocycles. The molecule has 0 aliphatic heterocycles. The van der Waals surface area contributed by atoms with E-state index < -0.39 is 0 Å². The summed E-state index contributed by atoms with van der Waals surface area (Å²) >= 11 is 10.5. The summed E-state index contributed by atoms with van der Waals surface area (Å²) < 4.78 is 9.63. The van der Waals surface area contributed by atoms with Crippen LogP contribution in [0.1, 0.15) is 11.3 Å². The average Bonchev–Trinajstić information content (AvgIpc) is 2.78. The Morgan fingerprint density at radius 3 is 2.47 bits per heavy atom. The fourth-order valence-electron chi connectivity index (χ4n) is 1.73. The minimum atomic E-state index is 0.615. The van der Waals surface area contributed by atoms with E-state index in [-0.39, 0.29) is 0 Å². The quantitative estimate of drug-likeness (QED) is 0.626. The summed E-state index contributed by atoms with van der Waals surface area (Å²) in [5, 5.41) is 4.96. The van der Waals surface area contributed by atoms with Crippen molar-refractivity contribution in [1.82, 2.24) is 9.78 Å². The zero-order chi connectivity index (χ0) is 13.8. The Morgan fingerprint density at radius 2 is 1.95 bits per heavy atom. The third-order valence-corrected chi connectivity index (χ3v) is 4.56. The van der Waals surface area contributed by atoms with Gasteiger partial charge >= 0.3 is 0 Å². The highest BCUT2D eigenvalue weighted by molar-refractivity contribution is 9.11. The van der Waals surface area contributed by atoms with E-state index in [0.29, 0.717) is 6.61 Å². The zero-order valence-electron chi connectivity index (χ0n) is 10.4. The topological polar surface area (TPSA) is 27.1 Å². The van der Waals surface area contributed by atoms with Crippen LogP contribution in [0.5, 0.6) is 5.75 Å². The van der Waals surface area contributed by atoms with Gasteiger partial charge < -0.3 is 4.74 Å². The number of ether oxygens (including phenoxy) is 1. The molecule has 2 rings (SSSR count). The zero-order valence-corrected chi connectivity index (χ0v) is 15.1. The number of aromatic nitrogens is 2. The highest BCUT2D eigenvalue weighted by atomic mass is 79.9. The van der Waals surface area contributed by atoms with Gasteiger partial charge in [-0.05, 0) is 55.6 Å². The van der Waals surface area contributed by atoms with Crippen molar-refractivity contribution in [2.75, 3.05) is 6.61 Å². The van der Waals surface area contributed by atoms with Crippen molar-refractivity contribution in [2.24, 2.45) is 7.05 Å². The fraction of sp³-hybridized carbons (Fsp3) is 0.308. The van der Waals surface area contributed by atoms with Crippen LogP contribution in [0, 0.1) is 0 Å². The van der Waals surface area contributed by atoms with Crippen molar-refractivity contribution in [3.63, 3.8) is 0 Å². The maximum Gasteiger partial charge on any atom is 0.147 e. The Labute approximate surface area is 137 Å². The van der Waals surface area contributed by atoms with Gasteiger partial charge in [-0.25, -0.2) is 0 Å². The molecule has 19 heavy (non-hydrogen) atoms. The van der Waals surface area contributed by atoms with E-state index in [2.05, 4.69) is 65.0 Å². The van der Waals surface area contributed by atoms with Gasteiger partial charge in [0.1, 0.15) is 5.75 Å². The van der Waals surface area contributed by atoms with Crippen molar-refractivity contribution >= 4 is 47.8 Å². The Morgan fingerprint density at radius 1 is 1.26 bits per heavy atom. The maximum atomic E-state index is 5.85. The largest absolute Gasteiger partial charge is 0.491 e. The summed E-state index contributed by atoms with van der Waals surface area (Å²) in [6.45, 7) is 0.615. The molecule has 102 valence electrons. The van der Waals surface area contributed by atoms with E-state index in [1.807, 2.05) is 17.8 Å². The third-order valence-electron chi connectivity index (χ3n) is 2.74. The van der Waals surface area contributed by atoms with Gasteiger partial charge in [0.15, 0.2) is 0 Å². The van der Waals surface area contributed by atoms with Crippen molar-refractivity contribution in [1.29, 1.82) is 0 Å². The van der Waals surface area contributed by atoms with Gasteiger partial charge in [0.05, 0.1) is 15.6 Å². The van der Waals surface area contributed by atoms with Crippen molar-refractivity contribution in [2.45, 2.75) is 11.8 Å². The van der Waals surface area contributed by atoms with Gasteiger partial charge in [0, 0.05) is 30.7 Å². The minimum Gasteiger partial charge on any atom is -0.491 e. The third kappa shape index (κ3) is 3.83. The van der Waals surface area contributed by atoms with E-state index in [9.17, 15) is 0 Å². The first-order valence-corrected chi connectivity index (χ1v) is 8.46. The summed E-state index contributed by atoms with van der Waals surface area (Å²) in [6, 6.07) is 6.11. The molecule has 1 aromatic carbocycles. The molecule has 0 bridgehead atoms. The molecule has 0 aliphatic rings. The molecule has 0 amide bonds. The van der Waals surface area contributed by atoms with Gasteiger partial charge in [-0.3, -0.25) is 4.68 Å². The Hall–Kier alpha value is -0.330. The standard InChI is InChI=1S/C13H13Br3N2O/c1-18-10(2-4-17-18)3-5-19-13-11(15)6-9(8-14)7-12(13)16/h2,4,6-7H,3,5,8H2,1H3. The van der Waals surface area contributed by atoms with Crippen LogP contribution in [0.15, 0.2) is 33.3 Å². The molecular weight excluding hydrogens is 440 g/mol. The van der Waals surface area contributed by atoms with Crippen LogP contribution in [-0.2, 0) is 18.8 Å². The normalized spacial score (nSPS) is 10.7. The van der Waals surface area contributed by atoms with E-state index >= 15 is 0 Å². The van der Waals surface area contributed by atoms with E-state index in [0.717, 1.165) is 32.1 Å². The number of aryl methyl sites for hydroxylation is 1. The predicted octanol–water partition coefficient (Wildman–Crippen LogP) is 4.46. The summed E-state index contributed by atoms with van der Waals surface area (Å²) in [4.78, 5) is 0. The lowest BCUT2D eigenvalue weighted by atomic mass is 10.2. The number of nitrogens with zero attached hydrogens (tertiary/aromatic N) is 2. The fourth-order valence-corrected chi connectivity index (χ4v) is 3.57. The summed E-state index contributed by atoms with van der Waals surface area (Å²) in [5.41, 5.74) is 2.35. The second kappa shape index (κ2) is 6.90. The molecule has 0 fully saturated rings. The molecule has 0 radical (unpaired) electrons. The van der Waals surface area contributed by atoms with E-state index in [1.54, 1.807) is 6.20 Å². The number of halogens is 3. The minimum absolute atomic E-state index is 0.615. The number of rotatable bonds is 5. The molecule has 1 heterocycles. The number of alkyl halides is 1. The van der Waals surface area contributed by atoms with Crippen LogP contribution in [0.2, 0.25) is 0 Å². The lowest BCUT2D eigenvalue weighted by Gasteiger charge is -2.11. The molecule has 6 heteroatoms. The smallest absolute Gasteiger partial charge is 0.147 e. The summed E-state index contributed by atoms with van der Waals surface area (Å²) in [6.07, 6.45) is 2.63. The van der Waals surface area contributed by atoms with Crippen LogP contribution >= 0.6 is 47.8 Å². The first-order chi connectivity index (χ1) is 9.11. The van der Waals surface area contributed by atoms with Crippen LogP contribution in [0.3, 0.4) is 0 Å². The highest BCUT2D eigenvalue weighted by Crippen LogP contribution is 2.35. The number of hydrogen-bond acceptors (Lipinski definition) is 2. The van der Waals surface area contributed by atoms with Crippen LogP contribution in [-0.4, -0.2) is 16.4 Å². The first kappa shape index (κ1) is 15.1. The van der Waals surface area contributed by atoms with E-state index in [4.69, 9.17) is 4.74 Å². The van der Waals surface area contributed by atoms with Crippen molar-refractivity contribution in [3.8, 4) is 5.75 Å². The summed E-state index contributed by atoms with van der Waals surface area (Å²) in [5.74, 6) is 0.840. The molecule has 0 aliphatic carbocycles. The SMILES string of the molecule is Cn1nccc1CCOc1c(Br)cc(CBr)cc1Br. The van der Waals surface area contributed by atoms with Crippen LogP contribution in [0.25, 0.3) is 0 Å². The molecule has 0 N–H and O–H groups in total. The first-order valence-electron chi connectivity index (χ1n) is 5.75. The van der Waals surface area contributed by atoms with Gasteiger partial charge in [0.2, 0.25) is 0 Å². The van der Waals surface area contributed by atoms with Crippen molar-refractivity contribution < 1.29 is 4.74 Å². The molecule has 0 atom stereocenters. The number of benzene rings is 1. The van der Waals surface area contributed by atoms with Gasteiger partial charge in [0.25, 0.3) is 0 Å². The van der Waals surface area contributed by atoms with Crippen molar-refractivity contribution in [3.05, 3.63) is 44.6 Å². The maximum absolute atomic E-state index is 5.85. The molecule has 1 aromatic heterocycles. The predicted molar refractivity (Wildman–Crippen MR) is 86.9 cm³/mol. The van der Waals surface area contributed by atoms with Gasteiger partial charge in [-0.15, -0.1) is 0 Å². The Kier molecular flexibility index (Phi) is 5.47. The van der Waals surface area contributed by atoms with Crippen LogP contribution in [0.4, 0.5) is 0 Å². The lowest BCUT2D eigenvalue weighted by Crippen LogP contribution is -2.06. The second-order valence-corrected chi connectivity index (χ2v) is 6.34. The molecule has 0 unspecified atom stereocenters. The monoisotopic (exact) mass is 450 g/mol. The Balaban J connectivity index is 2.02. The average molecular weight is 453 g/mol. The summed E-state index contributed by atoms with van der Waals surface area (Å²) in [7, 11) is 1.94. The molecule has 0 saturated carbocycles. The van der Waals surface area contributed by atoms with E-state index in [1.165, 1.54) is 5.56 Å². The van der Waals surface area contributed by atoms with Crippen LogP contribution < -0.4 is 4.74 Å². The molecule has 3 nitrogen and oxygen atoms in total. The second-order valence-electron chi connectivity index (χ2n) is 4.07. The highest BCUT2D eigenvalue weighted by Gasteiger charge is 2.09. The Bertz CT molecular complexity index is 546. The lowest BCUT2D eigenvalue weighted by molar-refractivity contribution is 0.314.